The number of nitrogens with one attached hydrogen (secondary N) is 3. The van der Waals surface area contributed by atoms with Crippen molar-refractivity contribution >= 4 is 23.5 Å². The van der Waals surface area contributed by atoms with Crippen LogP contribution in [0, 0.1) is 11.3 Å². The average Bonchev–Trinajstić information content (AvgIpc) is 2.79. The Balaban J connectivity index is 1.52. The van der Waals surface area contributed by atoms with E-state index in [4.69, 9.17) is 14.9 Å². The number of carbonyl (C=O) groups is 2. The molecular weight excluding hydrogens is 398 g/mol. The maximum absolute atomic E-state index is 12.3. The van der Waals surface area contributed by atoms with Crippen LogP contribution in [0.3, 0.4) is 0 Å². The number of ether oxygens (including phenoxy) is 2. The summed E-state index contributed by atoms with van der Waals surface area (Å²) in [5.41, 5.74) is 1.85. The van der Waals surface area contributed by atoms with Crippen molar-refractivity contribution in [3.8, 4) is 5.75 Å². The summed E-state index contributed by atoms with van der Waals surface area (Å²) in [6.07, 6.45) is 3.33. The third-order valence-corrected chi connectivity index (χ3v) is 5.13. The lowest BCUT2D eigenvalue weighted by atomic mass is 9.96. The highest BCUT2D eigenvalue weighted by Gasteiger charge is 2.25. The maximum atomic E-state index is 12.3. The second-order valence-corrected chi connectivity index (χ2v) is 7.32. The van der Waals surface area contributed by atoms with E-state index in [1.54, 1.807) is 49.7 Å². The molecule has 2 amide bonds. The number of urea groups is 1. The molecule has 164 valence electrons. The van der Waals surface area contributed by atoms with E-state index in [1.807, 2.05) is 0 Å². The van der Waals surface area contributed by atoms with Crippen LogP contribution in [0.25, 0.3) is 0 Å². The molecule has 0 spiro atoms. The highest BCUT2D eigenvalue weighted by molar-refractivity contribution is 6.03. The van der Waals surface area contributed by atoms with Crippen molar-refractivity contribution < 1.29 is 19.1 Å². The Bertz CT molecular complexity index is 932. The van der Waals surface area contributed by atoms with Crippen molar-refractivity contribution in [1.82, 2.24) is 15.2 Å². The van der Waals surface area contributed by atoms with Crippen LogP contribution in [0.4, 0.5) is 10.5 Å². The van der Waals surface area contributed by atoms with Gasteiger partial charge in [-0.05, 0) is 55.8 Å². The Morgan fingerprint density at radius 2 is 2.00 bits per heavy atom. The van der Waals surface area contributed by atoms with Crippen LogP contribution in [0.1, 0.15) is 28.9 Å². The minimum atomic E-state index is -0.445. The summed E-state index contributed by atoms with van der Waals surface area (Å²) in [6, 6.07) is 9.88. The van der Waals surface area contributed by atoms with Crippen LogP contribution in [0.5, 0.6) is 5.75 Å². The van der Waals surface area contributed by atoms with Crippen molar-refractivity contribution in [2.45, 2.75) is 19.4 Å². The average molecular weight is 425 g/mol. The topological polar surface area (TPSA) is 117 Å². The van der Waals surface area contributed by atoms with Gasteiger partial charge in [-0.15, -0.1) is 0 Å². The molecule has 9 heteroatoms. The number of carbonyl (C=O) groups excluding carboxylic acids is 2. The van der Waals surface area contributed by atoms with E-state index in [-0.39, 0.29) is 11.8 Å². The zero-order valence-electron chi connectivity index (χ0n) is 17.7. The predicted octanol–water partition coefficient (Wildman–Crippen LogP) is 2.89. The Labute approximate surface area is 181 Å². The third-order valence-electron chi connectivity index (χ3n) is 5.13. The number of benzene rings is 1. The second kappa shape index (κ2) is 10.5. The van der Waals surface area contributed by atoms with E-state index in [9.17, 15) is 9.59 Å². The summed E-state index contributed by atoms with van der Waals surface area (Å²) in [4.78, 5) is 30.5. The lowest BCUT2D eigenvalue weighted by molar-refractivity contribution is 0.0600. The summed E-state index contributed by atoms with van der Waals surface area (Å²) < 4.78 is 9.86. The van der Waals surface area contributed by atoms with Crippen molar-refractivity contribution in [3.63, 3.8) is 0 Å². The van der Waals surface area contributed by atoms with Gasteiger partial charge in [-0.3, -0.25) is 20.6 Å². The van der Waals surface area contributed by atoms with Gasteiger partial charge in [0.25, 0.3) is 0 Å². The van der Waals surface area contributed by atoms with Crippen LogP contribution in [-0.4, -0.2) is 55.0 Å². The quantitative estimate of drug-likeness (QED) is 0.372. The monoisotopic (exact) mass is 425 g/mol. The largest absolute Gasteiger partial charge is 0.497 e. The molecule has 0 saturated carbocycles. The first kappa shape index (κ1) is 22.2. The standard InChI is InChI=1S/C22H27N5O4/c1-30-19-7-5-17(6-8-19)25-22(29)26-20(23)16-4-3-11-27(13-16)14-18-12-15(9-10-24-18)21(28)31-2/h5-10,12,16H,3-4,11,13-14H2,1-2H3,(H3,23,25,26,29)/t16-/m0/s1. The van der Waals surface area contributed by atoms with Crippen LogP contribution in [-0.2, 0) is 11.3 Å². The first-order valence-corrected chi connectivity index (χ1v) is 10.0. The van der Waals surface area contributed by atoms with E-state index in [0.29, 0.717) is 30.1 Å². The van der Waals surface area contributed by atoms with Gasteiger partial charge in [-0.1, -0.05) is 0 Å². The van der Waals surface area contributed by atoms with Crippen molar-refractivity contribution in [1.29, 1.82) is 5.41 Å². The van der Waals surface area contributed by atoms with Crippen LogP contribution in [0.2, 0.25) is 0 Å². The van der Waals surface area contributed by atoms with Crippen LogP contribution >= 0.6 is 0 Å². The molecule has 0 radical (unpaired) electrons. The number of anilines is 1. The molecule has 0 aliphatic carbocycles. The SMILES string of the molecule is COC(=O)c1ccnc(CN2CCC[C@H](C(=N)NC(=O)Nc3ccc(OC)cc3)C2)c1. The molecule has 1 aromatic carbocycles. The molecule has 3 N–H and O–H groups in total. The van der Waals surface area contributed by atoms with Gasteiger partial charge >= 0.3 is 12.0 Å². The summed E-state index contributed by atoms with van der Waals surface area (Å²) in [6.45, 7) is 2.06. The molecule has 2 heterocycles. The van der Waals surface area contributed by atoms with Gasteiger partial charge in [0.1, 0.15) is 11.6 Å². The van der Waals surface area contributed by atoms with Gasteiger partial charge in [0.15, 0.2) is 0 Å². The molecule has 1 aromatic heterocycles. The number of piperidine rings is 1. The molecule has 1 aliphatic rings. The molecule has 1 atom stereocenters. The second-order valence-electron chi connectivity index (χ2n) is 7.32. The van der Waals surface area contributed by atoms with Gasteiger partial charge < -0.3 is 14.8 Å². The van der Waals surface area contributed by atoms with E-state index in [0.717, 1.165) is 25.1 Å². The summed E-state index contributed by atoms with van der Waals surface area (Å²) in [7, 11) is 2.93. The number of amidine groups is 1. The molecular formula is C22H27N5O4. The number of esters is 1. The molecule has 31 heavy (non-hydrogen) atoms. The number of hydrogen-bond donors (Lipinski definition) is 3. The van der Waals surface area contributed by atoms with E-state index < -0.39 is 12.0 Å². The number of rotatable bonds is 6. The highest BCUT2D eigenvalue weighted by Crippen LogP contribution is 2.19. The van der Waals surface area contributed by atoms with E-state index >= 15 is 0 Å². The lowest BCUT2D eigenvalue weighted by Gasteiger charge is -2.32. The molecule has 1 fully saturated rings. The summed E-state index contributed by atoms with van der Waals surface area (Å²) in [5, 5.41) is 13.7. The van der Waals surface area contributed by atoms with E-state index in [2.05, 4.69) is 20.5 Å². The normalized spacial score (nSPS) is 16.3. The number of aromatic nitrogens is 1. The first-order valence-electron chi connectivity index (χ1n) is 10.0. The molecule has 9 nitrogen and oxygen atoms in total. The van der Waals surface area contributed by atoms with Crippen molar-refractivity contribution in [3.05, 3.63) is 53.9 Å². The Kier molecular flexibility index (Phi) is 7.55. The van der Waals surface area contributed by atoms with Crippen LogP contribution < -0.4 is 15.4 Å². The van der Waals surface area contributed by atoms with Crippen LogP contribution in [0.15, 0.2) is 42.6 Å². The number of amides is 2. The Morgan fingerprint density at radius 3 is 2.71 bits per heavy atom. The van der Waals surface area contributed by atoms with Gasteiger partial charge in [-0.2, -0.15) is 0 Å². The predicted molar refractivity (Wildman–Crippen MR) is 116 cm³/mol. The number of pyridine rings is 1. The molecule has 0 unspecified atom stereocenters. The maximum Gasteiger partial charge on any atom is 0.337 e. The van der Waals surface area contributed by atoms with Crippen molar-refractivity contribution in [2.24, 2.45) is 5.92 Å². The number of hydrogen-bond acceptors (Lipinski definition) is 7. The van der Waals surface area contributed by atoms with Gasteiger partial charge in [0, 0.05) is 30.9 Å². The number of methoxy groups -OCH3 is 2. The fourth-order valence-corrected chi connectivity index (χ4v) is 3.53. The molecule has 1 aliphatic heterocycles. The zero-order valence-corrected chi connectivity index (χ0v) is 17.7. The summed E-state index contributed by atoms with van der Waals surface area (Å²) in [5.74, 6) is 0.410. The van der Waals surface area contributed by atoms with Gasteiger partial charge in [0.2, 0.25) is 0 Å². The molecule has 2 aromatic rings. The minimum Gasteiger partial charge on any atom is -0.497 e. The van der Waals surface area contributed by atoms with Gasteiger partial charge in [0.05, 0.1) is 25.5 Å². The fraction of sp³-hybridized carbons (Fsp3) is 0.364. The number of nitrogens with zero attached hydrogens (tertiary/aromatic N) is 2. The third kappa shape index (κ3) is 6.26. The van der Waals surface area contributed by atoms with Gasteiger partial charge in [-0.25, -0.2) is 9.59 Å². The Hall–Kier alpha value is -3.46. The molecule has 0 bridgehead atoms. The minimum absolute atomic E-state index is 0.0841. The molecule has 1 saturated heterocycles. The first-order chi connectivity index (χ1) is 15.0. The summed E-state index contributed by atoms with van der Waals surface area (Å²) >= 11 is 0. The lowest BCUT2D eigenvalue weighted by Crippen LogP contribution is -2.45. The van der Waals surface area contributed by atoms with E-state index in [1.165, 1.54) is 7.11 Å². The fourth-order valence-electron chi connectivity index (χ4n) is 3.53. The zero-order chi connectivity index (χ0) is 22.2. The smallest absolute Gasteiger partial charge is 0.337 e. The molecule has 3 rings (SSSR count). The number of likely N-dealkylation sites (tertiary alicyclic amines) is 1. The highest BCUT2D eigenvalue weighted by atomic mass is 16.5. The Morgan fingerprint density at radius 1 is 1.23 bits per heavy atom. The van der Waals surface area contributed by atoms with Crippen molar-refractivity contribution in [2.75, 3.05) is 32.6 Å².